The van der Waals surface area contributed by atoms with Crippen molar-refractivity contribution in [1.82, 2.24) is 19.5 Å². The molecule has 6 aromatic rings. The first-order valence-corrected chi connectivity index (χ1v) is 20.0. The van der Waals surface area contributed by atoms with Crippen molar-refractivity contribution in [3.63, 3.8) is 0 Å². The summed E-state index contributed by atoms with van der Waals surface area (Å²) >= 11 is 15.0. The molecule has 0 saturated heterocycles. The van der Waals surface area contributed by atoms with Crippen molar-refractivity contribution >= 4 is 39.1 Å². The summed E-state index contributed by atoms with van der Waals surface area (Å²) < 4.78 is 24.3. The molecule has 0 radical (unpaired) electrons. The Bertz CT molecular complexity index is 2280. The third kappa shape index (κ3) is 17.7. The molecule has 15 heteroatoms. The van der Waals surface area contributed by atoms with Crippen LogP contribution in [0.3, 0.4) is 0 Å². The molecule has 0 fully saturated rings. The Labute approximate surface area is 361 Å². The number of nitrogens with one attached hydrogen (secondary N) is 1. The fourth-order valence-electron chi connectivity index (χ4n) is 4.72. The number of benzene rings is 4. The highest BCUT2D eigenvalue weighted by atomic mass is 79.9. The topological polar surface area (TPSA) is 158 Å². The van der Waals surface area contributed by atoms with Crippen molar-refractivity contribution in [1.29, 1.82) is 0 Å². The van der Waals surface area contributed by atoms with E-state index in [1.807, 2.05) is 72.8 Å². The molecule has 3 N–H and O–H groups in total. The third-order valence-electron chi connectivity index (χ3n) is 7.68. The fraction of sp³-hybridized carbons (Fsp3) is 0.273. The number of ether oxygens (including phenoxy) is 4. The maximum absolute atomic E-state index is 12.7. The summed E-state index contributed by atoms with van der Waals surface area (Å²) in [5, 5.41) is 20.5. The van der Waals surface area contributed by atoms with Crippen molar-refractivity contribution in [3.05, 3.63) is 168 Å². The molecule has 0 spiro atoms. The molecule has 2 aromatic heterocycles. The summed E-state index contributed by atoms with van der Waals surface area (Å²) in [7, 11) is 0. The molecule has 0 bridgehead atoms. The van der Waals surface area contributed by atoms with Crippen molar-refractivity contribution in [2.45, 2.75) is 51.7 Å². The predicted molar refractivity (Wildman–Crippen MR) is 234 cm³/mol. The highest BCUT2D eigenvalue weighted by Crippen LogP contribution is 2.19. The Balaban J connectivity index is 0.000000216. The molecular formula is C44H47BrCl2N4O8. The van der Waals surface area contributed by atoms with E-state index in [2.05, 4.69) is 30.9 Å². The van der Waals surface area contributed by atoms with Crippen LogP contribution in [0.25, 0.3) is 5.69 Å². The van der Waals surface area contributed by atoms with Crippen LogP contribution in [-0.4, -0.2) is 67.4 Å². The number of nitrogens with zero attached hydrogens (tertiary/aromatic N) is 3. The Morgan fingerprint density at radius 3 is 1.58 bits per heavy atom. The van der Waals surface area contributed by atoms with E-state index in [1.54, 1.807) is 58.2 Å². The van der Waals surface area contributed by atoms with Gasteiger partial charge in [-0.05, 0) is 112 Å². The van der Waals surface area contributed by atoms with E-state index in [9.17, 15) is 19.8 Å². The summed E-state index contributed by atoms with van der Waals surface area (Å²) in [4.78, 5) is 34.3. The van der Waals surface area contributed by atoms with E-state index in [0.29, 0.717) is 54.1 Å². The lowest BCUT2D eigenvalue weighted by atomic mass is 10.2. The molecular weight excluding hydrogens is 863 g/mol. The quantitative estimate of drug-likeness (QED) is 0.0916. The van der Waals surface area contributed by atoms with Crippen molar-refractivity contribution in [2.24, 2.45) is 0 Å². The first-order chi connectivity index (χ1) is 28.0. The fourth-order valence-corrected chi connectivity index (χ4v) is 5.24. The molecule has 312 valence electrons. The largest absolute Gasteiger partial charge is 0.491 e. The number of hydrogen-bond donors (Lipinski definition) is 3. The van der Waals surface area contributed by atoms with Crippen molar-refractivity contribution in [3.8, 4) is 28.9 Å². The normalized spacial score (nSPS) is 11.0. The van der Waals surface area contributed by atoms with Gasteiger partial charge in [-0.1, -0.05) is 63.4 Å². The molecule has 59 heavy (non-hydrogen) atoms. The number of aliphatic hydroxyl groups is 2. The van der Waals surface area contributed by atoms with E-state index in [0.717, 1.165) is 21.3 Å². The van der Waals surface area contributed by atoms with Crippen LogP contribution in [-0.2, 0) is 12.8 Å². The van der Waals surface area contributed by atoms with Gasteiger partial charge < -0.3 is 34.1 Å². The minimum atomic E-state index is -0.918. The van der Waals surface area contributed by atoms with E-state index in [4.69, 9.17) is 42.1 Å². The Hall–Kier alpha value is -5.18. The number of rotatable bonds is 15. The van der Waals surface area contributed by atoms with Gasteiger partial charge in [0.25, 0.3) is 11.8 Å². The number of halogens is 3. The van der Waals surface area contributed by atoms with Gasteiger partial charge in [0.1, 0.15) is 24.7 Å². The third-order valence-corrected chi connectivity index (χ3v) is 8.72. The predicted octanol–water partition coefficient (Wildman–Crippen LogP) is 8.30. The lowest BCUT2D eigenvalue weighted by Gasteiger charge is -2.18. The van der Waals surface area contributed by atoms with Crippen LogP contribution in [0.1, 0.15) is 38.8 Å². The minimum absolute atomic E-state index is 0.0452. The van der Waals surface area contributed by atoms with Gasteiger partial charge >= 0.3 is 11.1 Å². The average molecular weight is 911 g/mol. The van der Waals surface area contributed by atoms with Gasteiger partial charge in [-0.25, -0.2) is 9.97 Å². The van der Waals surface area contributed by atoms with E-state index in [1.165, 1.54) is 23.2 Å². The van der Waals surface area contributed by atoms with Crippen LogP contribution >= 0.6 is 39.1 Å². The molecule has 0 unspecified atom stereocenters. The zero-order valence-electron chi connectivity index (χ0n) is 33.1. The Morgan fingerprint density at radius 2 is 1.10 bits per heavy atom. The molecule has 0 saturated carbocycles. The van der Waals surface area contributed by atoms with Gasteiger partial charge in [0.2, 0.25) is 0 Å². The molecule has 0 aliphatic rings. The number of aromatic amines is 1. The standard InChI is InChI=1S/C22H23ClN2O4.C12H11ClN2O2.C10H13BrO2/c1-22(2,27)15-29-19-9-7-18(8-10-19)25-13-12-24-20(21(25)26)28-14-11-16-3-5-17(23)6-4-16;13-10-3-1-9(2-4-10)5-8-17-12-11(16)14-6-7-15-12;1-10(2,12)7-13-9-5-3-8(11)4-6-9/h3-10,12-13,27H,11,14-15H2,1-2H3;1-4,6-7H,5,8H2,(H,14,16);3-6,12H,7H2,1-2H3. The van der Waals surface area contributed by atoms with Gasteiger partial charge in [-0.3, -0.25) is 14.2 Å². The van der Waals surface area contributed by atoms with Gasteiger partial charge in [0.15, 0.2) is 0 Å². The minimum Gasteiger partial charge on any atom is -0.491 e. The monoisotopic (exact) mass is 908 g/mol. The highest BCUT2D eigenvalue weighted by Gasteiger charge is 2.14. The smallest absolute Gasteiger partial charge is 0.317 e. The number of H-pyrrole nitrogens is 1. The first kappa shape index (κ1) is 46.5. The maximum atomic E-state index is 12.7. The van der Waals surface area contributed by atoms with Gasteiger partial charge in [-0.15, -0.1) is 0 Å². The molecule has 0 amide bonds. The molecule has 0 aliphatic carbocycles. The molecule has 2 heterocycles. The summed E-state index contributed by atoms with van der Waals surface area (Å²) in [5.74, 6) is 1.52. The molecule has 0 atom stereocenters. The zero-order valence-corrected chi connectivity index (χ0v) is 36.2. The Morgan fingerprint density at radius 1 is 0.644 bits per heavy atom. The van der Waals surface area contributed by atoms with Crippen LogP contribution in [0.2, 0.25) is 10.0 Å². The second kappa shape index (κ2) is 22.8. The van der Waals surface area contributed by atoms with Crippen LogP contribution < -0.4 is 30.1 Å². The molecule has 6 rings (SSSR count). The van der Waals surface area contributed by atoms with Crippen molar-refractivity contribution in [2.75, 3.05) is 26.4 Å². The SMILES string of the molecule is CC(C)(O)COc1ccc(-n2ccnc(OCCc3ccc(Cl)cc3)c2=O)cc1.CC(C)(O)COc1ccc(Br)cc1.O=c1[nH]ccnc1OCCc1ccc(Cl)cc1. The lowest BCUT2D eigenvalue weighted by molar-refractivity contribution is 0.0282. The average Bonchev–Trinajstić information content (AvgIpc) is 3.20. The molecule has 0 aliphatic heterocycles. The van der Waals surface area contributed by atoms with Crippen LogP contribution in [0, 0.1) is 0 Å². The molecule has 4 aromatic carbocycles. The lowest BCUT2D eigenvalue weighted by Crippen LogP contribution is -2.27. The number of hydrogen-bond acceptors (Lipinski definition) is 10. The van der Waals surface area contributed by atoms with E-state index >= 15 is 0 Å². The zero-order chi connectivity index (χ0) is 42.8. The summed E-state index contributed by atoms with van der Waals surface area (Å²) in [6, 6.07) is 29.5. The van der Waals surface area contributed by atoms with E-state index in [-0.39, 0.29) is 29.5 Å². The van der Waals surface area contributed by atoms with Gasteiger partial charge in [0.05, 0.1) is 24.4 Å². The summed E-state index contributed by atoms with van der Waals surface area (Å²) in [6.45, 7) is 7.98. The number of aromatic nitrogens is 4. The van der Waals surface area contributed by atoms with Gasteiger partial charge in [0, 0.05) is 57.8 Å². The van der Waals surface area contributed by atoms with Crippen LogP contribution in [0.15, 0.2) is 136 Å². The van der Waals surface area contributed by atoms with Crippen molar-refractivity contribution < 1.29 is 29.2 Å². The second-order valence-corrected chi connectivity index (χ2v) is 16.0. The van der Waals surface area contributed by atoms with Crippen LogP contribution in [0.5, 0.6) is 23.3 Å². The van der Waals surface area contributed by atoms with E-state index < -0.39 is 11.2 Å². The Kier molecular flexibility index (Phi) is 18.0. The van der Waals surface area contributed by atoms with Gasteiger partial charge in [-0.2, -0.15) is 0 Å². The first-order valence-electron chi connectivity index (χ1n) is 18.5. The summed E-state index contributed by atoms with van der Waals surface area (Å²) in [6.07, 6.45) is 7.40. The second-order valence-electron chi connectivity index (χ2n) is 14.2. The summed E-state index contributed by atoms with van der Waals surface area (Å²) in [5.41, 5.74) is 0.466. The maximum Gasteiger partial charge on any atom is 0.317 e. The molecule has 12 nitrogen and oxygen atoms in total. The van der Waals surface area contributed by atoms with Crippen LogP contribution in [0.4, 0.5) is 0 Å². The highest BCUT2D eigenvalue weighted by molar-refractivity contribution is 9.10.